The molecule has 28 heavy (non-hydrogen) atoms. The van der Waals surface area contributed by atoms with Crippen LogP contribution in [-0.2, 0) is 6.42 Å². The molecule has 4 aromatic heterocycles. The van der Waals surface area contributed by atoms with Crippen LogP contribution >= 0.6 is 11.3 Å². The molecule has 0 unspecified atom stereocenters. The van der Waals surface area contributed by atoms with Gasteiger partial charge in [-0.1, -0.05) is 6.07 Å². The van der Waals surface area contributed by atoms with Crippen molar-refractivity contribution in [2.24, 2.45) is 0 Å². The van der Waals surface area contributed by atoms with Gasteiger partial charge in [-0.15, -0.1) is 11.3 Å². The van der Waals surface area contributed by atoms with Gasteiger partial charge in [-0.05, 0) is 24.1 Å². The molecular formula is C18H15N7O2S. The standard InChI is InChI=1S/C18H15N7O2S/c19-14-13-11(16(26)21-6-4-10-7-22-18(27)23-8-10)9-28-17(13)25-15(24-14)12-3-1-2-5-20-12/h1-3,5,7-9H,4,6H2,(H,21,26)(H2,19,24,25)(H,22,23,27). The van der Waals surface area contributed by atoms with Crippen LogP contribution in [0.25, 0.3) is 21.7 Å². The van der Waals surface area contributed by atoms with Gasteiger partial charge in [-0.3, -0.25) is 9.78 Å². The minimum absolute atomic E-state index is 0.238. The lowest BCUT2D eigenvalue weighted by molar-refractivity contribution is 0.0956. The number of nitrogens with two attached hydrogens (primary N) is 1. The highest BCUT2D eigenvalue weighted by molar-refractivity contribution is 7.17. The van der Waals surface area contributed by atoms with Crippen LogP contribution < -0.4 is 16.7 Å². The van der Waals surface area contributed by atoms with E-state index in [9.17, 15) is 9.59 Å². The molecule has 0 aromatic carbocycles. The van der Waals surface area contributed by atoms with Crippen molar-refractivity contribution in [3.05, 3.63) is 63.8 Å². The number of aromatic amines is 1. The maximum absolute atomic E-state index is 12.6. The number of nitrogens with one attached hydrogen (secondary N) is 2. The minimum Gasteiger partial charge on any atom is -0.383 e. The molecule has 140 valence electrons. The Hall–Kier alpha value is -3.66. The summed E-state index contributed by atoms with van der Waals surface area (Å²) in [5.41, 5.74) is 7.58. The quantitative estimate of drug-likeness (QED) is 0.465. The van der Waals surface area contributed by atoms with Gasteiger partial charge in [-0.2, -0.15) is 0 Å². The fourth-order valence-corrected chi connectivity index (χ4v) is 3.59. The van der Waals surface area contributed by atoms with Crippen LogP contribution in [0, 0.1) is 0 Å². The van der Waals surface area contributed by atoms with Crippen molar-refractivity contribution in [3.8, 4) is 11.5 Å². The zero-order chi connectivity index (χ0) is 19.5. The molecule has 0 spiro atoms. The van der Waals surface area contributed by atoms with Gasteiger partial charge in [0.15, 0.2) is 5.82 Å². The topological polar surface area (TPSA) is 140 Å². The van der Waals surface area contributed by atoms with E-state index >= 15 is 0 Å². The van der Waals surface area contributed by atoms with Gasteiger partial charge in [0.25, 0.3) is 5.91 Å². The number of hydrogen-bond donors (Lipinski definition) is 3. The predicted molar refractivity (Wildman–Crippen MR) is 106 cm³/mol. The molecule has 0 saturated carbocycles. The summed E-state index contributed by atoms with van der Waals surface area (Å²) in [5, 5.41) is 5.09. The summed E-state index contributed by atoms with van der Waals surface area (Å²) < 4.78 is 0. The molecule has 0 aliphatic rings. The molecule has 9 nitrogen and oxygen atoms in total. The van der Waals surface area contributed by atoms with Crippen molar-refractivity contribution < 1.29 is 4.79 Å². The van der Waals surface area contributed by atoms with E-state index < -0.39 is 5.69 Å². The normalized spacial score (nSPS) is 10.9. The summed E-state index contributed by atoms with van der Waals surface area (Å²) in [6.07, 6.45) is 5.25. The smallest absolute Gasteiger partial charge is 0.344 e. The molecule has 4 aromatic rings. The number of thiophene rings is 1. The lowest BCUT2D eigenvalue weighted by atomic mass is 10.2. The molecule has 1 amide bonds. The van der Waals surface area contributed by atoms with E-state index in [1.54, 1.807) is 23.8 Å². The summed E-state index contributed by atoms with van der Waals surface area (Å²) in [6, 6.07) is 5.45. The maximum atomic E-state index is 12.6. The molecule has 10 heteroatoms. The second-order valence-corrected chi connectivity index (χ2v) is 6.77. The Kier molecular flexibility index (Phi) is 4.77. The molecule has 0 aliphatic heterocycles. The van der Waals surface area contributed by atoms with E-state index in [0.29, 0.717) is 40.3 Å². The molecule has 4 N–H and O–H groups in total. The second-order valence-electron chi connectivity index (χ2n) is 5.91. The lowest BCUT2D eigenvalue weighted by Gasteiger charge is -2.06. The zero-order valence-corrected chi connectivity index (χ0v) is 15.4. The van der Waals surface area contributed by atoms with Crippen LogP contribution in [-0.4, -0.2) is 37.4 Å². The fourth-order valence-electron chi connectivity index (χ4n) is 2.67. The number of fused-ring (bicyclic) bond motifs is 1. The Morgan fingerprint density at radius 2 is 2.14 bits per heavy atom. The number of aromatic nitrogens is 5. The number of hydrogen-bond acceptors (Lipinski definition) is 8. The summed E-state index contributed by atoms with van der Waals surface area (Å²) >= 11 is 1.33. The maximum Gasteiger partial charge on any atom is 0.344 e. The fraction of sp³-hybridized carbons (Fsp3) is 0.111. The highest BCUT2D eigenvalue weighted by atomic mass is 32.1. The third-order valence-electron chi connectivity index (χ3n) is 4.03. The number of nitrogens with zero attached hydrogens (tertiary/aromatic N) is 4. The Balaban J connectivity index is 1.53. The van der Waals surface area contributed by atoms with E-state index in [0.717, 1.165) is 5.56 Å². The molecule has 4 rings (SSSR count). The van der Waals surface area contributed by atoms with E-state index in [4.69, 9.17) is 5.73 Å². The van der Waals surface area contributed by atoms with Crippen LogP contribution in [0.15, 0.2) is 47.0 Å². The SMILES string of the molecule is Nc1nc(-c2ccccn2)nc2scc(C(=O)NCCc3cnc(=O)[nH]c3)c12. The first-order valence-corrected chi connectivity index (χ1v) is 9.27. The van der Waals surface area contributed by atoms with Crippen molar-refractivity contribution in [1.82, 2.24) is 30.2 Å². The van der Waals surface area contributed by atoms with Crippen LogP contribution in [0.5, 0.6) is 0 Å². The molecule has 0 atom stereocenters. The second kappa shape index (κ2) is 7.53. The Bertz CT molecular complexity index is 1180. The molecule has 4 heterocycles. The largest absolute Gasteiger partial charge is 0.383 e. The zero-order valence-electron chi connectivity index (χ0n) is 14.5. The van der Waals surface area contributed by atoms with Gasteiger partial charge >= 0.3 is 5.69 Å². The molecule has 0 saturated heterocycles. The van der Waals surface area contributed by atoms with Crippen LogP contribution in [0.4, 0.5) is 5.82 Å². The Morgan fingerprint density at radius 3 is 2.89 bits per heavy atom. The van der Waals surface area contributed by atoms with E-state index in [-0.39, 0.29) is 11.7 Å². The Labute approximate surface area is 162 Å². The van der Waals surface area contributed by atoms with Gasteiger partial charge in [-0.25, -0.2) is 19.7 Å². The van der Waals surface area contributed by atoms with Gasteiger partial charge < -0.3 is 16.0 Å². The van der Waals surface area contributed by atoms with Crippen molar-refractivity contribution in [1.29, 1.82) is 0 Å². The van der Waals surface area contributed by atoms with Crippen molar-refractivity contribution >= 4 is 33.3 Å². The van der Waals surface area contributed by atoms with Gasteiger partial charge in [0.2, 0.25) is 0 Å². The first-order valence-electron chi connectivity index (χ1n) is 8.40. The van der Waals surface area contributed by atoms with Gasteiger partial charge in [0, 0.05) is 30.5 Å². The number of pyridine rings is 1. The van der Waals surface area contributed by atoms with E-state index in [1.807, 2.05) is 12.1 Å². The molecule has 0 fully saturated rings. The molecule has 0 radical (unpaired) electrons. The average Bonchev–Trinajstić information content (AvgIpc) is 3.15. The van der Waals surface area contributed by atoms with Crippen LogP contribution in [0.3, 0.4) is 0 Å². The lowest BCUT2D eigenvalue weighted by Crippen LogP contribution is -2.26. The Morgan fingerprint density at radius 1 is 1.25 bits per heavy atom. The van der Waals surface area contributed by atoms with Gasteiger partial charge in [0.05, 0.1) is 10.9 Å². The number of amides is 1. The van der Waals surface area contributed by atoms with Crippen molar-refractivity contribution in [3.63, 3.8) is 0 Å². The monoisotopic (exact) mass is 393 g/mol. The summed E-state index contributed by atoms with van der Waals surface area (Å²) in [6.45, 7) is 0.386. The highest BCUT2D eigenvalue weighted by Crippen LogP contribution is 2.30. The van der Waals surface area contributed by atoms with Crippen molar-refractivity contribution in [2.45, 2.75) is 6.42 Å². The summed E-state index contributed by atoms with van der Waals surface area (Å²) in [7, 11) is 0. The number of carbonyl (C=O) groups excluding carboxylic acids is 1. The van der Waals surface area contributed by atoms with E-state index in [1.165, 1.54) is 17.5 Å². The van der Waals surface area contributed by atoms with E-state index in [2.05, 4.69) is 30.2 Å². The molecule has 0 bridgehead atoms. The highest BCUT2D eigenvalue weighted by Gasteiger charge is 2.18. The predicted octanol–water partition coefficient (Wildman–Crippen LogP) is 1.39. The number of nitrogen functional groups attached to an aromatic ring is 1. The third kappa shape index (κ3) is 3.58. The minimum atomic E-state index is -0.405. The van der Waals surface area contributed by atoms with Crippen LogP contribution in [0.1, 0.15) is 15.9 Å². The van der Waals surface area contributed by atoms with Crippen LogP contribution in [0.2, 0.25) is 0 Å². The van der Waals surface area contributed by atoms with Crippen molar-refractivity contribution in [2.75, 3.05) is 12.3 Å². The summed E-state index contributed by atoms with van der Waals surface area (Å²) in [5.74, 6) is 0.399. The molecular weight excluding hydrogens is 378 g/mol. The molecule has 0 aliphatic carbocycles. The number of rotatable bonds is 5. The summed E-state index contributed by atoms with van der Waals surface area (Å²) in [4.78, 5) is 43.3. The number of H-pyrrole nitrogens is 1. The number of anilines is 1. The number of carbonyl (C=O) groups is 1. The van der Waals surface area contributed by atoms with Gasteiger partial charge in [0.1, 0.15) is 16.3 Å². The first kappa shape index (κ1) is 17.7. The first-order chi connectivity index (χ1) is 13.6. The average molecular weight is 393 g/mol. The third-order valence-corrected chi connectivity index (χ3v) is 4.90.